The number of fused-ring (bicyclic) bond motifs is 3. The van der Waals surface area contributed by atoms with Crippen molar-refractivity contribution in [3.8, 4) is 5.75 Å². The van der Waals surface area contributed by atoms with Crippen molar-refractivity contribution in [2.75, 3.05) is 18.5 Å². The number of ether oxygens (including phenoxy) is 2. The number of hydrogen-bond acceptors (Lipinski definition) is 8. The summed E-state index contributed by atoms with van der Waals surface area (Å²) in [5.41, 5.74) is 7.47. The Kier molecular flexibility index (Phi) is 4.58. The zero-order valence-corrected chi connectivity index (χ0v) is 14.8. The molecular formula is C17H18N4O4S. The van der Waals surface area contributed by atoms with Crippen LogP contribution in [0.5, 0.6) is 5.75 Å². The predicted molar refractivity (Wildman–Crippen MR) is 94.9 cm³/mol. The van der Waals surface area contributed by atoms with Crippen molar-refractivity contribution in [2.45, 2.75) is 19.0 Å². The number of thiazole rings is 1. The van der Waals surface area contributed by atoms with Crippen LogP contribution in [0.15, 0.2) is 29.6 Å². The van der Waals surface area contributed by atoms with Gasteiger partial charge in [0.15, 0.2) is 10.8 Å². The van der Waals surface area contributed by atoms with Crippen molar-refractivity contribution in [1.82, 2.24) is 15.8 Å². The summed E-state index contributed by atoms with van der Waals surface area (Å²) in [5, 5.41) is 4.69. The number of benzene rings is 1. The standard InChI is InChI=1S/C17H18N4O4S/c1-2-24-16(23)11-8-26-17(18-11)19-15(22)14-10-7-25-12-6-4-3-5-9(12)13(10)20-21-14/h3-6,8,10,13-14,20-21H,2,7H2,1H3,(H,18,19,22). The highest BCUT2D eigenvalue weighted by atomic mass is 32.1. The monoisotopic (exact) mass is 374 g/mol. The summed E-state index contributed by atoms with van der Waals surface area (Å²) in [6.45, 7) is 2.44. The predicted octanol–water partition coefficient (Wildman–Crippen LogP) is 1.48. The molecule has 2 aliphatic rings. The summed E-state index contributed by atoms with van der Waals surface area (Å²) in [4.78, 5) is 28.5. The van der Waals surface area contributed by atoms with Crippen molar-refractivity contribution in [2.24, 2.45) is 5.92 Å². The molecule has 0 saturated carbocycles. The van der Waals surface area contributed by atoms with Crippen LogP contribution in [-0.2, 0) is 9.53 Å². The van der Waals surface area contributed by atoms with E-state index in [9.17, 15) is 9.59 Å². The molecule has 3 atom stereocenters. The maximum atomic E-state index is 12.7. The first-order valence-corrected chi connectivity index (χ1v) is 9.21. The molecule has 1 saturated heterocycles. The van der Waals surface area contributed by atoms with Crippen LogP contribution >= 0.6 is 11.3 Å². The number of carbonyl (C=O) groups excluding carboxylic acids is 2. The fourth-order valence-corrected chi connectivity index (χ4v) is 3.90. The van der Waals surface area contributed by atoms with Crippen LogP contribution in [0.2, 0.25) is 0 Å². The van der Waals surface area contributed by atoms with E-state index >= 15 is 0 Å². The van der Waals surface area contributed by atoms with Gasteiger partial charge in [0, 0.05) is 16.9 Å². The maximum Gasteiger partial charge on any atom is 0.357 e. The summed E-state index contributed by atoms with van der Waals surface area (Å²) < 4.78 is 10.7. The van der Waals surface area contributed by atoms with Crippen molar-refractivity contribution >= 4 is 28.3 Å². The molecule has 0 bridgehead atoms. The highest BCUT2D eigenvalue weighted by Gasteiger charge is 2.44. The Labute approximate surface area is 153 Å². The van der Waals surface area contributed by atoms with Crippen LogP contribution in [0.25, 0.3) is 0 Å². The first-order chi connectivity index (χ1) is 12.7. The van der Waals surface area contributed by atoms with E-state index in [0.717, 1.165) is 11.3 Å². The van der Waals surface area contributed by atoms with Crippen molar-refractivity contribution in [3.05, 3.63) is 40.9 Å². The number of nitrogens with one attached hydrogen (secondary N) is 3. The Hall–Kier alpha value is -2.49. The number of rotatable bonds is 4. The van der Waals surface area contributed by atoms with Gasteiger partial charge in [-0.2, -0.15) is 0 Å². The van der Waals surface area contributed by atoms with Crippen molar-refractivity contribution in [1.29, 1.82) is 0 Å². The molecule has 2 aliphatic heterocycles. The molecule has 4 rings (SSSR count). The fraction of sp³-hybridized carbons (Fsp3) is 0.353. The molecule has 2 aromatic rings. The zero-order chi connectivity index (χ0) is 18.1. The van der Waals surface area contributed by atoms with E-state index in [2.05, 4.69) is 21.2 Å². The van der Waals surface area contributed by atoms with Gasteiger partial charge < -0.3 is 14.8 Å². The van der Waals surface area contributed by atoms with Gasteiger partial charge in [0.2, 0.25) is 5.91 Å². The largest absolute Gasteiger partial charge is 0.493 e. The number of anilines is 1. The lowest BCUT2D eigenvalue weighted by atomic mass is 9.87. The number of nitrogens with zero attached hydrogens (tertiary/aromatic N) is 1. The Balaban J connectivity index is 1.44. The van der Waals surface area contributed by atoms with Gasteiger partial charge in [-0.15, -0.1) is 11.3 Å². The molecule has 1 aromatic carbocycles. The summed E-state index contributed by atoms with van der Waals surface area (Å²) in [6.07, 6.45) is 0. The molecule has 3 unspecified atom stereocenters. The van der Waals surface area contributed by atoms with Gasteiger partial charge in [-0.3, -0.25) is 4.79 Å². The second kappa shape index (κ2) is 7.02. The van der Waals surface area contributed by atoms with E-state index in [1.807, 2.05) is 24.3 Å². The average Bonchev–Trinajstić information content (AvgIpc) is 3.28. The minimum atomic E-state index is -0.498. The van der Waals surface area contributed by atoms with Gasteiger partial charge in [-0.25, -0.2) is 20.6 Å². The number of hydrazine groups is 1. The van der Waals surface area contributed by atoms with Crippen LogP contribution < -0.4 is 20.9 Å². The Morgan fingerprint density at radius 1 is 1.38 bits per heavy atom. The van der Waals surface area contributed by atoms with Crippen molar-refractivity contribution < 1.29 is 19.1 Å². The van der Waals surface area contributed by atoms with E-state index in [1.54, 1.807) is 12.3 Å². The third-order valence-electron chi connectivity index (χ3n) is 4.44. The van der Waals surface area contributed by atoms with Gasteiger partial charge >= 0.3 is 5.97 Å². The van der Waals surface area contributed by atoms with Crippen molar-refractivity contribution in [3.63, 3.8) is 0 Å². The molecule has 8 nitrogen and oxygen atoms in total. The number of carbonyl (C=O) groups is 2. The number of aromatic nitrogens is 1. The summed E-state index contributed by atoms with van der Waals surface area (Å²) in [7, 11) is 0. The normalized spacial score (nSPS) is 23.5. The number of para-hydroxylation sites is 1. The smallest absolute Gasteiger partial charge is 0.357 e. The Morgan fingerprint density at radius 3 is 3.08 bits per heavy atom. The van der Waals surface area contributed by atoms with Gasteiger partial charge in [0.05, 0.1) is 19.3 Å². The molecule has 1 aromatic heterocycles. The van der Waals surface area contributed by atoms with Gasteiger partial charge in [0.1, 0.15) is 11.8 Å². The third-order valence-corrected chi connectivity index (χ3v) is 5.20. The summed E-state index contributed by atoms with van der Waals surface area (Å²) in [6, 6.07) is 7.33. The first-order valence-electron chi connectivity index (χ1n) is 8.33. The van der Waals surface area contributed by atoms with E-state index in [0.29, 0.717) is 11.7 Å². The molecule has 1 fully saturated rings. The van der Waals surface area contributed by atoms with Gasteiger partial charge in [-0.05, 0) is 13.0 Å². The second-order valence-corrected chi connectivity index (χ2v) is 6.86. The van der Waals surface area contributed by atoms with Crippen LogP contribution in [0.4, 0.5) is 5.13 Å². The zero-order valence-electron chi connectivity index (χ0n) is 14.0. The molecule has 0 spiro atoms. The van der Waals surface area contributed by atoms with E-state index in [-0.39, 0.29) is 30.2 Å². The highest BCUT2D eigenvalue weighted by Crippen LogP contribution is 2.39. The van der Waals surface area contributed by atoms with Crippen LogP contribution in [0, 0.1) is 5.92 Å². The SMILES string of the molecule is CCOC(=O)c1csc(NC(=O)C2NNC3c4ccccc4OCC23)n1. The molecule has 1 amide bonds. The molecule has 3 N–H and O–H groups in total. The lowest BCUT2D eigenvalue weighted by molar-refractivity contribution is -0.119. The van der Waals surface area contributed by atoms with Crippen LogP contribution in [0.3, 0.4) is 0 Å². The minimum Gasteiger partial charge on any atom is -0.493 e. The topological polar surface area (TPSA) is 102 Å². The average molecular weight is 374 g/mol. The number of hydrogen-bond donors (Lipinski definition) is 3. The molecule has 26 heavy (non-hydrogen) atoms. The quantitative estimate of drug-likeness (QED) is 0.697. The summed E-state index contributed by atoms with van der Waals surface area (Å²) >= 11 is 1.19. The molecule has 9 heteroatoms. The lowest BCUT2D eigenvalue weighted by Crippen LogP contribution is -2.43. The first kappa shape index (κ1) is 17.0. The molecule has 0 aliphatic carbocycles. The summed E-state index contributed by atoms with van der Waals surface area (Å²) in [5.74, 6) is 0.0671. The van der Waals surface area contributed by atoms with Crippen LogP contribution in [-0.4, -0.2) is 36.1 Å². The Bertz CT molecular complexity index is 840. The third kappa shape index (κ3) is 3.05. The number of esters is 1. The molecule has 0 radical (unpaired) electrons. The van der Waals surface area contributed by atoms with Gasteiger partial charge in [0.25, 0.3) is 0 Å². The van der Waals surface area contributed by atoms with E-state index in [4.69, 9.17) is 9.47 Å². The molecule has 136 valence electrons. The maximum absolute atomic E-state index is 12.7. The second-order valence-electron chi connectivity index (χ2n) is 6.00. The molecular weight excluding hydrogens is 356 g/mol. The lowest BCUT2D eigenvalue weighted by Gasteiger charge is -2.29. The van der Waals surface area contributed by atoms with E-state index in [1.165, 1.54) is 11.3 Å². The minimum absolute atomic E-state index is 0.00193. The fourth-order valence-electron chi connectivity index (χ4n) is 3.21. The van der Waals surface area contributed by atoms with E-state index < -0.39 is 12.0 Å². The van der Waals surface area contributed by atoms with Gasteiger partial charge in [-0.1, -0.05) is 18.2 Å². The highest BCUT2D eigenvalue weighted by molar-refractivity contribution is 7.14. The number of amides is 1. The van der Waals surface area contributed by atoms with Crippen LogP contribution in [0.1, 0.15) is 29.0 Å². The Morgan fingerprint density at radius 2 is 2.23 bits per heavy atom. The molecule has 3 heterocycles.